The Balaban J connectivity index is 1.91. The van der Waals surface area contributed by atoms with Crippen molar-refractivity contribution in [1.82, 2.24) is 10.2 Å². The average molecular weight is 316 g/mol. The number of benzene rings is 1. The Kier molecular flexibility index (Phi) is 5.28. The van der Waals surface area contributed by atoms with Crippen molar-refractivity contribution in [3.8, 4) is 5.75 Å². The molecule has 0 aliphatic carbocycles. The second-order valence-electron chi connectivity index (χ2n) is 5.35. The predicted molar refractivity (Wildman–Crippen MR) is 75.5 cm³/mol. The van der Waals surface area contributed by atoms with Crippen molar-refractivity contribution < 1.29 is 22.7 Å². The van der Waals surface area contributed by atoms with Gasteiger partial charge in [-0.15, -0.1) is 13.2 Å². The number of rotatable bonds is 4. The van der Waals surface area contributed by atoms with E-state index in [9.17, 15) is 18.0 Å². The molecule has 1 aromatic rings. The number of carbonyl (C=O) groups excluding carboxylic acids is 1. The van der Waals surface area contributed by atoms with Gasteiger partial charge in [0, 0.05) is 13.1 Å². The molecule has 0 radical (unpaired) electrons. The van der Waals surface area contributed by atoms with Crippen molar-refractivity contribution in [2.45, 2.75) is 31.7 Å². The summed E-state index contributed by atoms with van der Waals surface area (Å²) in [7, 11) is 1.78. The fourth-order valence-corrected chi connectivity index (χ4v) is 2.51. The van der Waals surface area contributed by atoms with Crippen molar-refractivity contribution in [3.05, 3.63) is 29.8 Å². The highest BCUT2D eigenvalue weighted by Crippen LogP contribution is 2.23. The van der Waals surface area contributed by atoms with Crippen LogP contribution in [0.5, 0.6) is 5.75 Å². The van der Waals surface area contributed by atoms with E-state index in [0.29, 0.717) is 5.56 Å². The first kappa shape index (κ1) is 16.6. The van der Waals surface area contributed by atoms with Gasteiger partial charge in [-0.25, -0.2) is 0 Å². The molecule has 0 saturated carbocycles. The van der Waals surface area contributed by atoms with Crippen LogP contribution < -0.4 is 10.1 Å². The molecule has 0 spiro atoms. The lowest BCUT2D eigenvalue weighted by Gasteiger charge is -2.31. The molecule has 1 amide bonds. The molecule has 0 aromatic heterocycles. The number of piperidine rings is 1. The van der Waals surface area contributed by atoms with E-state index in [-0.39, 0.29) is 24.1 Å². The number of ether oxygens (including phenoxy) is 1. The molecule has 122 valence electrons. The molecule has 1 saturated heterocycles. The van der Waals surface area contributed by atoms with Crippen molar-refractivity contribution in [2.24, 2.45) is 0 Å². The Morgan fingerprint density at radius 1 is 1.27 bits per heavy atom. The molecule has 0 bridgehead atoms. The number of halogens is 3. The number of hydrogen-bond donors (Lipinski definition) is 1. The number of amides is 1. The van der Waals surface area contributed by atoms with Gasteiger partial charge >= 0.3 is 6.36 Å². The summed E-state index contributed by atoms with van der Waals surface area (Å²) in [6.07, 6.45) is -2.69. The van der Waals surface area contributed by atoms with Gasteiger partial charge in [-0.1, -0.05) is 12.1 Å². The third-order valence-electron chi connectivity index (χ3n) is 3.76. The van der Waals surface area contributed by atoms with Crippen molar-refractivity contribution in [3.63, 3.8) is 0 Å². The van der Waals surface area contributed by atoms with Crippen LogP contribution in [0, 0.1) is 0 Å². The minimum atomic E-state index is -4.70. The third kappa shape index (κ3) is 4.91. The smallest absolute Gasteiger partial charge is 0.406 e. The number of alkyl halides is 3. The number of nitrogens with zero attached hydrogens (tertiary/aromatic N) is 1. The van der Waals surface area contributed by atoms with Crippen molar-refractivity contribution >= 4 is 5.91 Å². The fourth-order valence-electron chi connectivity index (χ4n) is 2.51. The van der Waals surface area contributed by atoms with Gasteiger partial charge in [-0.3, -0.25) is 4.79 Å². The Bertz CT molecular complexity index is 497. The summed E-state index contributed by atoms with van der Waals surface area (Å²) in [6.45, 7) is 1.79. The van der Waals surface area contributed by atoms with E-state index in [1.165, 1.54) is 24.3 Å². The van der Waals surface area contributed by atoms with Crippen molar-refractivity contribution in [2.75, 3.05) is 20.1 Å². The number of hydrogen-bond acceptors (Lipinski definition) is 3. The van der Waals surface area contributed by atoms with E-state index < -0.39 is 6.36 Å². The maximum Gasteiger partial charge on any atom is 0.573 e. The second-order valence-corrected chi connectivity index (χ2v) is 5.35. The third-order valence-corrected chi connectivity index (χ3v) is 3.76. The zero-order valence-corrected chi connectivity index (χ0v) is 12.3. The monoisotopic (exact) mass is 316 g/mol. The van der Waals surface area contributed by atoms with E-state index in [4.69, 9.17) is 0 Å². The van der Waals surface area contributed by atoms with Crippen LogP contribution in [0.1, 0.15) is 18.4 Å². The molecule has 1 aliphatic heterocycles. The quantitative estimate of drug-likeness (QED) is 0.927. The summed E-state index contributed by atoms with van der Waals surface area (Å²) in [6, 6.07) is 5.63. The molecule has 1 aromatic carbocycles. The van der Waals surface area contributed by atoms with E-state index in [0.717, 1.165) is 25.9 Å². The lowest BCUT2D eigenvalue weighted by atomic mass is 10.0. The van der Waals surface area contributed by atoms with Gasteiger partial charge in [-0.2, -0.15) is 0 Å². The first-order valence-corrected chi connectivity index (χ1v) is 7.16. The largest absolute Gasteiger partial charge is 0.573 e. The summed E-state index contributed by atoms with van der Waals surface area (Å²) in [4.78, 5) is 14.0. The summed E-state index contributed by atoms with van der Waals surface area (Å²) >= 11 is 0. The zero-order valence-electron chi connectivity index (χ0n) is 12.3. The summed E-state index contributed by atoms with van der Waals surface area (Å²) in [5.74, 6) is -0.313. The van der Waals surface area contributed by atoms with Gasteiger partial charge in [0.2, 0.25) is 5.91 Å². The number of nitrogens with one attached hydrogen (secondary N) is 1. The van der Waals surface area contributed by atoms with E-state index in [1.807, 2.05) is 0 Å². The first-order chi connectivity index (χ1) is 10.3. The molecule has 1 fully saturated rings. The van der Waals surface area contributed by atoms with E-state index in [2.05, 4.69) is 10.1 Å². The fraction of sp³-hybridized carbons (Fsp3) is 0.533. The molecular weight excluding hydrogens is 297 g/mol. The summed E-state index contributed by atoms with van der Waals surface area (Å²) < 4.78 is 40.0. The minimum absolute atomic E-state index is 0.0311. The number of likely N-dealkylation sites (N-methyl/N-ethyl adjacent to an activating group) is 1. The van der Waals surface area contributed by atoms with Crippen LogP contribution in [0.4, 0.5) is 13.2 Å². The van der Waals surface area contributed by atoms with E-state index >= 15 is 0 Å². The molecule has 1 heterocycles. The molecular formula is C15H19F3N2O2. The Hall–Kier alpha value is -1.76. The molecule has 2 rings (SSSR count). The molecule has 1 aliphatic rings. The summed E-state index contributed by atoms with van der Waals surface area (Å²) in [5.41, 5.74) is 0.667. The minimum Gasteiger partial charge on any atom is -0.406 e. The average Bonchev–Trinajstić information content (AvgIpc) is 2.48. The van der Waals surface area contributed by atoms with Gasteiger partial charge in [0.05, 0.1) is 6.42 Å². The van der Waals surface area contributed by atoms with Gasteiger partial charge in [0.25, 0.3) is 0 Å². The second kappa shape index (κ2) is 7.00. The molecule has 0 atom stereocenters. The molecule has 4 nitrogen and oxygen atoms in total. The van der Waals surface area contributed by atoms with Crippen LogP contribution in [0.2, 0.25) is 0 Å². The Morgan fingerprint density at radius 3 is 2.41 bits per heavy atom. The number of carbonyl (C=O) groups is 1. The van der Waals surface area contributed by atoms with Gasteiger partial charge < -0.3 is 15.0 Å². The highest BCUT2D eigenvalue weighted by atomic mass is 19.4. The Labute approximate surface area is 127 Å². The topological polar surface area (TPSA) is 41.6 Å². The standard InChI is InChI=1S/C15H19F3N2O2/c1-20(12-6-8-19-9-7-12)14(21)10-11-2-4-13(5-3-11)22-15(16,17)18/h2-5,12,19H,6-10H2,1H3. The lowest BCUT2D eigenvalue weighted by molar-refractivity contribution is -0.274. The zero-order chi connectivity index (χ0) is 16.2. The van der Waals surface area contributed by atoms with Crippen molar-refractivity contribution in [1.29, 1.82) is 0 Å². The molecule has 1 N–H and O–H groups in total. The van der Waals surface area contributed by atoms with Gasteiger partial charge in [0.1, 0.15) is 5.75 Å². The van der Waals surface area contributed by atoms with Crippen LogP contribution in [0.15, 0.2) is 24.3 Å². The Morgan fingerprint density at radius 2 is 1.86 bits per heavy atom. The highest BCUT2D eigenvalue weighted by molar-refractivity contribution is 5.78. The molecule has 7 heteroatoms. The SMILES string of the molecule is CN(C(=O)Cc1ccc(OC(F)(F)F)cc1)C1CCNCC1. The highest BCUT2D eigenvalue weighted by Gasteiger charge is 2.31. The summed E-state index contributed by atoms with van der Waals surface area (Å²) in [5, 5.41) is 3.24. The van der Waals surface area contributed by atoms with E-state index in [1.54, 1.807) is 11.9 Å². The first-order valence-electron chi connectivity index (χ1n) is 7.16. The van der Waals surface area contributed by atoms with Crippen LogP contribution in [0.3, 0.4) is 0 Å². The molecule has 22 heavy (non-hydrogen) atoms. The van der Waals surface area contributed by atoms with Crippen LogP contribution in [-0.4, -0.2) is 43.3 Å². The van der Waals surface area contributed by atoms with Crippen LogP contribution in [-0.2, 0) is 11.2 Å². The normalized spacial score (nSPS) is 16.4. The van der Waals surface area contributed by atoms with Gasteiger partial charge in [-0.05, 0) is 43.6 Å². The molecule has 0 unspecified atom stereocenters. The van der Waals surface area contributed by atoms with Crippen LogP contribution >= 0.6 is 0 Å². The maximum atomic E-state index is 12.2. The van der Waals surface area contributed by atoms with Crippen LogP contribution in [0.25, 0.3) is 0 Å². The van der Waals surface area contributed by atoms with Gasteiger partial charge in [0.15, 0.2) is 0 Å². The lowest BCUT2D eigenvalue weighted by Crippen LogP contribution is -2.44. The maximum absolute atomic E-state index is 12.2. The predicted octanol–water partition coefficient (Wildman–Crippen LogP) is 2.34.